The summed E-state index contributed by atoms with van der Waals surface area (Å²) in [6, 6.07) is 3.83. The van der Waals surface area contributed by atoms with Crippen LogP contribution in [-0.2, 0) is 11.3 Å². The molecule has 1 aliphatic heterocycles. The zero-order valence-electron chi connectivity index (χ0n) is 6.67. The van der Waals surface area contributed by atoms with Crippen LogP contribution in [0, 0.1) is 6.92 Å². The van der Waals surface area contributed by atoms with E-state index < -0.39 is 6.29 Å². The van der Waals surface area contributed by atoms with Crippen LogP contribution in [0.25, 0.3) is 0 Å². The molecule has 1 atom stereocenters. The third kappa shape index (κ3) is 1.09. The molecule has 0 saturated carbocycles. The fourth-order valence-corrected chi connectivity index (χ4v) is 1.80. The second kappa shape index (κ2) is 2.83. The molecule has 0 bridgehead atoms. The molecule has 1 heterocycles. The van der Waals surface area contributed by atoms with Crippen molar-refractivity contribution in [2.24, 2.45) is 0 Å². The number of halogens is 1. The maximum absolute atomic E-state index is 9.36. The van der Waals surface area contributed by atoms with E-state index in [4.69, 9.17) is 4.74 Å². The first-order valence-corrected chi connectivity index (χ1v) is 4.57. The van der Waals surface area contributed by atoms with Crippen LogP contribution in [0.4, 0.5) is 0 Å². The van der Waals surface area contributed by atoms with Gasteiger partial charge in [-0.25, -0.2) is 0 Å². The number of ether oxygens (including phenoxy) is 1. The highest BCUT2D eigenvalue weighted by Crippen LogP contribution is 2.33. The van der Waals surface area contributed by atoms with Gasteiger partial charge < -0.3 is 9.84 Å². The number of rotatable bonds is 0. The molecule has 1 unspecified atom stereocenters. The number of hydrogen-bond acceptors (Lipinski definition) is 2. The first-order chi connectivity index (χ1) is 5.70. The molecule has 0 aromatic heterocycles. The van der Waals surface area contributed by atoms with Gasteiger partial charge >= 0.3 is 0 Å². The summed E-state index contributed by atoms with van der Waals surface area (Å²) in [6.07, 6.45) is -0.730. The Kier molecular flexibility index (Phi) is 1.94. The molecule has 0 fully saturated rings. The summed E-state index contributed by atoms with van der Waals surface area (Å²) in [4.78, 5) is 0. The maximum atomic E-state index is 9.36. The summed E-state index contributed by atoms with van der Waals surface area (Å²) in [6.45, 7) is 2.53. The lowest BCUT2D eigenvalue weighted by atomic mass is 10.0. The van der Waals surface area contributed by atoms with Gasteiger partial charge in [-0.3, -0.25) is 0 Å². The summed E-state index contributed by atoms with van der Waals surface area (Å²) < 4.78 is 6.16. The highest BCUT2D eigenvalue weighted by molar-refractivity contribution is 9.10. The molecule has 0 spiro atoms. The first-order valence-electron chi connectivity index (χ1n) is 3.77. The van der Waals surface area contributed by atoms with Gasteiger partial charge in [0.05, 0.1) is 6.61 Å². The molecule has 1 aromatic carbocycles. The lowest BCUT2D eigenvalue weighted by molar-refractivity contribution is -0.0918. The Bertz CT molecular complexity index is 323. The van der Waals surface area contributed by atoms with E-state index in [2.05, 4.69) is 15.9 Å². The smallest absolute Gasteiger partial charge is 0.181 e. The molecule has 64 valence electrons. The molecule has 0 aliphatic carbocycles. The van der Waals surface area contributed by atoms with Gasteiger partial charge in [-0.1, -0.05) is 22.0 Å². The second-order valence-electron chi connectivity index (χ2n) is 2.90. The van der Waals surface area contributed by atoms with Gasteiger partial charge in [0.25, 0.3) is 0 Å². The molecule has 0 radical (unpaired) electrons. The van der Waals surface area contributed by atoms with E-state index in [1.807, 2.05) is 19.1 Å². The van der Waals surface area contributed by atoms with Crippen LogP contribution in [0.5, 0.6) is 0 Å². The van der Waals surface area contributed by atoms with Crippen molar-refractivity contribution in [1.82, 2.24) is 0 Å². The molecule has 12 heavy (non-hydrogen) atoms. The molecule has 3 heteroatoms. The third-order valence-electron chi connectivity index (χ3n) is 2.22. The predicted octanol–water partition coefficient (Wildman–Crippen LogP) is 2.28. The van der Waals surface area contributed by atoms with E-state index in [0.29, 0.717) is 6.61 Å². The van der Waals surface area contributed by atoms with Crippen LogP contribution in [0.3, 0.4) is 0 Å². The summed E-state index contributed by atoms with van der Waals surface area (Å²) in [5, 5.41) is 9.36. The molecule has 1 aromatic rings. The van der Waals surface area contributed by atoms with Gasteiger partial charge in [-0.15, -0.1) is 0 Å². The van der Waals surface area contributed by atoms with Crippen molar-refractivity contribution in [3.05, 3.63) is 33.3 Å². The molecule has 0 amide bonds. The molecule has 1 aliphatic rings. The van der Waals surface area contributed by atoms with Crippen LogP contribution in [0.1, 0.15) is 23.0 Å². The third-order valence-corrected chi connectivity index (χ3v) is 3.08. The fraction of sp³-hybridized carbons (Fsp3) is 0.333. The Morgan fingerprint density at radius 2 is 2.33 bits per heavy atom. The van der Waals surface area contributed by atoms with Crippen molar-refractivity contribution in [2.75, 3.05) is 0 Å². The average Bonchev–Trinajstić information content (AvgIpc) is 2.41. The monoisotopic (exact) mass is 228 g/mol. The molecular weight excluding hydrogens is 220 g/mol. The normalized spacial score (nSPS) is 21.1. The zero-order chi connectivity index (χ0) is 8.72. The zero-order valence-corrected chi connectivity index (χ0v) is 8.26. The van der Waals surface area contributed by atoms with Gasteiger partial charge in [0.1, 0.15) is 0 Å². The van der Waals surface area contributed by atoms with Gasteiger partial charge in [0.2, 0.25) is 0 Å². The minimum absolute atomic E-state index is 0.516. The Morgan fingerprint density at radius 1 is 1.58 bits per heavy atom. The van der Waals surface area contributed by atoms with Crippen LogP contribution in [0.2, 0.25) is 0 Å². The Morgan fingerprint density at radius 3 is 3.08 bits per heavy atom. The summed E-state index contributed by atoms with van der Waals surface area (Å²) in [7, 11) is 0. The standard InChI is InChI=1S/C9H9BrO2/c1-5-7-4-12-9(11)6(7)2-3-8(5)10/h2-3,9,11H,4H2,1H3. The Hall–Kier alpha value is -0.380. The maximum Gasteiger partial charge on any atom is 0.181 e. The highest BCUT2D eigenvalue weighted by Gasteiger charge is 2.22. The first kappa shape index (κ1) is 8.23. The lowest BCUT2D eigenvalue weighted by Gasteiger charge is -2.04. The predicted molar refractivity (Wildman–Crippen MR) is 48.6 cm³/mol. The molecular formula is C9H9BrO2. The van der Waals surface area contributed by atoms with E-state index in [0.717, 1.165) is 21.2 Å². The van der Waals surface area contributed by atoms with Crippen molar-refractivity contribution in [3.8, 4) is 0 Å². The lowest BCUT2D eigenvalue weighted by Crippen LogP contribution is -1.92. The fourth-order valence-electron chi connectivity index (χ4n) is 1.42. The number of fused-ring (bicyclic) bond motifs is 1. The van der Waals surface area contributed by atoms with Gasteiger partial charge in [0.15, 0.2) is 6.29 Å². The topological polar surface area (TPSA) is 29.5 Å². The highest BCUT2D eigenvalue weighted by atomic mass is 79.9. The van der Waals surface area contributed by atoms with E-state index >= 15 is 0 Å². The van der Waals surface area contributed by atoms with E-state index in [-0.39, 0.29) is 0 Å². The quantitative estimate of drug-likeness (QED) is 0.739. The Labute approximate surface area is 79.3 Å². The van der Waals surface area contributed by atoms with Crippen LogP contribution >= 0.6 is 15.9 Å². The largest absolute Gasteiger partial charge is 0.364 e. The molecule has 2 nitrogen and oxygen atoms in total. The number of hydrogen-bond donors (Lipinski definition) is 1. The van der Waals surface area contributed by atoms with Crippen LogP contribution in [0.15, 0.2) is 16.6 Å². The van der Waals surface area contributed by atoms with Crippen molar-refractivity contribution in [2.45, 2.75) is 19.8 Å². The van der Waals surface area contributed by atoms with E-state index in [1.54, 1.807) is 0 Å². The van der Waals surface area contributed by atoms with Crippen LogP contribution in [-0.4, -0.2) is 5.11 Å². The van der Waals surface area contributed by atoms with Crippen molar-refractivity contribution in [1.29, 1.82) is 0 Å². The minimum atomic E-state index is -0.730. The number of aliphatic hydroxyl groups is 1. The van der Waals surface area contributed by atoms with Gasteiger partial charge in [0, 0.05) is 10.0 Å². The van der Waals surface area contributed by atoms with Crippen molar-refractivity contribution < 1.29 is 9.84 Å². The number of aliphatic hydroxyl groups excluding tert-OH is 1. The van der Waals surface area contributed by atoms with Crippen molar-refractivity contribution >= 4 is 15.9 Å². The van der Waals surface area contributed by atoms with Gasteiger partial charge in [-0.05, 0) is 24.1 Å². The summed E-state index contributed by atoms with van der Waals surface area (Å²) >= 11 is 3.43. The van der Waals surface area contributed by atoms with Crippen LogP contribution < -0.4 is 0 Å². The summed E-state index contributed by atoms with van der Waals surface area (Å²) in [5.41, 5.74) is 3.16. The summed E-state index contributed by atoms with van der Waals surface area (Å²) in [5.74, 6) is 0. The Balaban J connectivity index is 2.60. The SMILES string of the molecule is Cc1c(Br)ccc2c1COC2O. The van der Waals surface area contributed by atoms with E-state index in [9.17, 15) is 5.11 Å². The molecule has 1 N–H and O–H groups in total. The van der Waals surface area contributed by atoms with Gasteiger partial charge in [-0.2, -0.15) is 0 Å². The van der Waals surface area contributed by atoms with Crippen molar-refractivity contribution in [3.63, 3.8) is 0 Å². The van der Waals surface area contributed by atoms with E-state index in [1.165, 1.54) is 0 Å². The average molecular weight is 229 g/mol. The second-order valence-corrected chi connectivity index (χ2v) is 3.76. The number of benzene rings is 1. The molecule has 0 saturated heterocycles. The molecule has 2 rings (SSSR count). The minimum Gasteiger partial charge on any atom is -0.364 e.